The molecule has 0 saturated heterocycles. The number of aromatic carboxylic acids is 1. The van der Waals surface area contributed by atoms with Gasteiger partial charge >= 0.3 is 18.3 Å². The molecule has 0 saturated carbocycles. The Morgan fingerprint density at radius 3 is 1.95 bits per heavy atom. The number of carboxylic acids is 1. The van der Waals surface area contributed by atoms with Gasteiger partial charge in [-0.1, -0.05) is 0 Å². The first-order valence-electron chi connectivity index (χ1n) is 4.93. The van der Waals surface area contributed by atoms with Gasteiger partial charge in [-0.15, -0.1) is 0 Å². The number of hydrogen-bond acceptors (Lipinski definition) is 4. The van der Waals surface area contributed by atoms with Gasteiger partial charge in [0.1, 0.15) is 0 Å². The maximum absolute atomic E-state index is 12.3. The van der Waals surface area contributed by atoms with E-state index >= 15 is 0 Å². The molecule has 21 heavy (non-hydrogen) atoms. The number of carbonyl (C=O) groups is 2. The van der Waals surface area contributed by atoms with Crippen molar-refractivity contribution in [3.63, 3.8) is 0 Å². The molecule has 1 rings (SSSR count). The molecule has 1 aromatic rings. The van der Waals surface area contributed by atoms with Crippen molar-refractivity contribution in [1.82, 2.24) is 9.97 Å². The summed E-state index contributed by atoms with van der Waals surface area (Å²) in [5.74, 6) is -9.62. The molecule has 0 bridgehead atoms. The maximum Gasteiger partial charge on any atom is 0.409 e. The smallest absolute Gasteiger partial charge is 0.409 e. The average molecular weight is 317 g/mol. The lowest BCUT2D eigenvalue weighted by molar-refractivity contribution is -0.272. The number of halogens is 6. The van der Waals surface area contributed by atoms with E-state index in [-0.39, 0.29) is 0 Å². The van der Waals surface area contributed by atoms with E-state index in [0.717, 1.165) is 12.4 Å². The number of anilines is 1. The molecular weight excluding hydrogens is 312 g/mol. The molecule has 0 unspecified atom stereocenters. The number of hydrogen-bond donors (Lipinski definition) is 2. The van der Waals surface area contributed by atoms with Crippen LogP contribution in [0.25, 0.3) is 0 Å². The highest BCUT2D eigenvalue weighted by molar-refractivity contribution is 5.99. The van der Waals surface area contributed by atoms with Gasteiger partial charge in [0.25, 0.3) is 0 Å². The molecule has 0 aromatic carbocycles. The molecule has 1 aromatic heterocycles. The molecule has 116 valence electrons. The first kappa shape index (κ1) is 16.7. The highest BCUT2D eigenvalue weighted by Gasteiger charge is 2.61. The lowest BCUT2D eigenvalue weighted by atomic mass is 10.1. The van der Waals surface area contributed by atoms with Crippen molar-refractivity contribution in [3.05, 3.63) is 18.1 Å². The van der Waals surface area contributed by atoms with Crippen molar-refractivity contribution in [2.45, 2.75) is 12.4 Å². The van der Waals surface area contributed by atoms with Crippen molar-refractivity contribution in [3.8, 4) is 0 Å². The minimum atomic E-state index is -5.89. The molecule has 12 heteroatoms. The van der Waals surface area contributed by atoms with Crippen molar-refractivity contribution < 1.29 is 41.0 Å². The van der Waals surface area contributed by atoms with Crippen LogP contribution in [0.1, 0.15) is 10.5 Å². The largest absolute Gasteiger partial charge is 0.476 e. The predicted octanol–water partition coefficient (Wildman–Crippen LogP) is 1.85. The van der Waals surface area contributed by atoms with Crippen LogP contribution in [0.3, 0.4) is 0 Å². The molecular formula is C9H5F6N3O3. The third kappa shape index (κ3) is 4.03. The van der Waals surface area contributed by atoms with Gasteiger partial charge in [-0.25, -0.2) is 14.8 Å². The van der Waals surface area contributed by atoms with Gasteiger partial charge < -0.3 is 10.4 Å². The van der Waals surface area contributed by atoms with Crippen molar-refractivity contribution in [2.75, 3.05) is 5.32 Å². The zero-order valence-corrected chi connectivity index (χ0v) is 9.66. The van der Waals surface area contributed by atoms with Crippen LogP contribution < -0.4 is 5.32 Å². The highest BCUT2D eigenvalue weighted by Crippen LogP contribution is 2.39. The molecule has 0 radical (unpaired) electrons. The average Bonchev–Trinajstić information content (AvgIpc) is 2.24. The predicted molar refractivity (Wildman–Crippen MR) is 53.2 cm³/mol. The SMILES string of the molecule is O=C(O)c1nccnc1NC(=O)C(C(F)(F)F)C(F)(F)F. The Morgan fingerprint density at radius 2 is 1.52 bits per heavy atom. The lowest BCUT2D eigenvalue weighted by Gasteiger charge is -2.21. The summed E-state index contributed by atoms with van der Waals surface area (Å²) in [4.78, 5) is 28.2. The van der Waals surface area contributed by atoms with E-state index in [0.29, 0.717) is 0 Å². The first-order valence-corrected chi connectivity index (χ1v) is 4.93. The van der Waals surface area contributed by atoms with Crippen molar-refractivity contribution in [2.24, 2.45) is 5.92 Å². The molecule has 1 amide bonds. The van der Waals surface area contributed by atoms with Crippen LogP contribution in [-0.4, -0.2) is 39.3 Å². The monoisotopic (exact) mass is 317 g/mol. The molecule has 2 N–H and O–H groups in total. The second-order valence-electron chi connectivity index (χ2n) is 3.56. The van der Waals surface area contributed by atoms with E-state index in [1.807, 2.05) is 0 Å². The minimum Gasteiger partial charge on any atom is -0.476 e. The summed E-state index contributed by atoms with van der Waals surface area (Å²) in [6, 6.07) is 0. The van der Waals surface area contributed by atoms with Crippen LogP contribution in [0, 0.1) is 5.92 Å². The first-order chi connectivity index (χ1) is 9.44. The Labute approximate surface area is 111 Å². The van der Waals surface area contributed by atoms with Crippen LogP contribution >= 0.6 is 0 Å². The molecule has 0 aliphatic rings. The lowest BCUT2D eigenvalue weighted by Crippen LogP contribution is -2.45. The number of carbonyl (C=O) groups excluding carboxylic acids is 1. The number of amides is 1. The maximum atomic E-state index is 12.3. The van der Waals surface area contributed by atoms with Gasteiger partial charge in [0.15, 0.2) is 11.5 Å². The Morgan fingerprint density at radius 1 is 1.05 bits per heavy atom. The number of nitrogens with one attached hydrogen (secondary N) is 1. The van der Waals surface area contributed by atoms with E-state index in [4.69, 9.17) is 5.11 Å². The van der Waals surface area contributed by atoms with E-state index in [1.165, 1.54) is 5.32 Å². The van der Waals surface area contributed by atoms with E-state index in [1.54, 1.807) is 0 Å². The van der Waals surface area contributed by atoms with Crippen LogP contribution in [0.4, 0.5) is 32.2 Å². The van der Waals surface area contributed by atoms with Crippen LogP contribution in [0.5, 0.6) is 0 Å². The van der Waals surface area contributed by atoms with Gasteiger partial charge in [0, 0.05) is 12.4 Å². The standard InChI is InChI=1S/C9H5F6N3O3/c10-8(11,12)4(9(13,14)15)6(19)18-5-3(7(20)21)16-1-2-17-5/h1-2,4H,(H,20,21)(H,17,18,19). The summed E-state index contributed by atoms with van der Waals surface area (Å²) >= 11 is 0. The number of carboxylic acid groups (broad SMARTS) is 1. The Hall–Kier alpha value is -2.40. The topological polar surface area (TPSA) is 92.2 Å². The quantitative estimate of drug-likeness (QED) is 0.830. The summed E-state index contributed by atoms with van der Waals surface area (Å²) in [6.07, 6.45) is -10.2. The number of aromatic nitrogens is 2. The minimum absolute atomic E-state index is 0.790. The normalized spacial score (nSPS) is 12.3. The zero-order valence-electron chi connectivity index (χ0n) is 9.66. The summed E-state index contributed by atoms with van der Waals surface area (Å²) < 4.78 is 73.8. The summed E-state index contributed by atoms with van der Waals surface area (Å²) in [7, 11) is 0. The molecule has 0 spiro atoms. The molecule has 6 nitrogen and oxygen atoms in total. The molecule has 0 atom stereocenters. The summed E-state index contributed by atoms with van der Waals surface area (Å²) in [5, 5.41) is 9.81. The number of rotatable bonds is 3. The van der Waals surface area contributed by atoms with E-state index in [2.05, 4.69) is 9.97 Å². The van der Waals surface area contributed by atoms with Crippen LogP contribution in [-0.2, 0) is 4.79 Å². The number of nitrogens with zero attached hydrogens (tertiary/aromatic N) is 2. The third-order valence-corrected chi connectivity index (χ3v) is 2.06. The molecule has 0 aliphatic heterocycles. The molecule has 0 fully saturated rings. The Bertz CT molecular complexity index is 542. The highest BCUT2D eigenvalue weighted by atomic mass is 19.4. The zero-order chi connectivity index (χ0) is 16.4. The Kier molecular flexibility index (Phi) is 4.39. The van der Waals surface area contributed by atoms with Crippen LogP contribution in [0.2, 0.25) is 0 Å². The second-order valence-corrected chi connectivity index (χ2v) is 3.56. The van der Waals surface area contributed by atoms with Gasteiger partial charge in [-0.3, -0.25) is 4.79 Å². The van der Waals surface area contributed by atoms with Gasteiger partial charge in [-0.2, -0.15) is 26.3 Å². The van der Waals surface area contributed by atoms with Gasteiger partial charge in [0.2, 0.25) is 11.8 Å². The van der Waals surface area contributed by atoms with Crippen molar-refractivity contribution >= 4 is 17.7 Å². The third-order valence-electron chi connectivity index (χ3n) is 2.06. The Balaban J connectivity index is 3.12. The van der Waals surface area contributed by atoms with Gasteiger partial charge in [0.05, 0.1) is 0 Å². The number of alkyl halides is 6. The molecule has 1 heterocycles. The summed E-state index contributed by atoms with van der Waals surface area (Å²) in [5.41, 5.74) is -0.992. The fourth-order valence-corrected chi connectivity index (χ4v) is 1.26. The fraction of sp³-hybridized carbons (Fsp3) is 0.333. The summed E-state index contributed by atoms with van der Waals surface area (Å²) in [6.45, 7) is 0. The molecule has 0 aliphatic carbocycles. The van der Waals surface area contributed by atoms with Gasteiger partial charge in [-0.05, 0) is 0 Å². The second kappa shape index (κ2) is 5.54. The van der Waals surface area contributed by atoms with E-state index in [9.17, 15) is 35.9 Å². The van der Waals surface area contributed by atoms with E-state index < -0.39 is 41.7 Å². The van der Waals surface area contributed by atoms with Crippen molar-refractivity contribution in [1.29, 1.82) is 0 Å². The van der Waals surface area contributed by atoms with Crippen LogP contribution in [0.15, 0.2) is 12.4 Å². The fourth-order valence-electron chi connectivity index (χ4n) is 1.26.